The average Bonchev–Trinajstić information content (AvgIpc) is 3.38. The summed E-state index contributed by atoms with van der Waals surface area (Å²) in [7, 11) is -0.326. The summed E-state index contributed by atoms with van der Waals surface area (Å²) in [6, 6.07) is 32.3. The van der Waals surface area contributed by atoms with E-state index in [4.69, 9.17) is 4.65 Å². The van der Waals surface area contributed by atoms with Gasteiger partial charge in [0, 0.05) is 25.9 Å². The van der Waals surface area contributed by atoms with Crippen LogP contribution in [0.15, 0.2) is 91.0 Å². The fraction of sp³-hybridized carbons (Fsp3) is 0.296. The standard InChI is InChI=1S/C18H15P.C5H10.C3H9Si.CO.Fe/c1-4-10-16(11-5-1)19(17-12-6-2-7-13-17)18-14-8-3-9-15-18;1-2-4-5-3-1;1-4(2)3;1-2;/h1-15H;1-5H2;1-3H3;;. The molecule has 0 amide bonds. The van der Waals surface area contributed by atoms with Crippen molar-refractivity contribution in [2.45, 2.75) is 51.7 Å². The van der Waals surface area contributed by atoms with E-state index in [9.17, 15) is 0 Å². The van der Waals surface area contributed by atoms with Gasteiger partial charge in [0.05, 0.1) is 0 Å². The Kier molecular flexibility index (Phi) is 18.4. The Bertz CT molecular complexity index is 686. The van der Waals surface area contributed by atoms with Gasteiger partial charge in [-0.2, -0.15) is 0 Å². The smallest absolute Gasteiger partial charge is 0 e. The zero-order chi connectivity index (χ0) is 22.0. The maximum absolute atomic E-state index is 7.50. The molecular formula is C27H34FeOPSi. The van der Waals surface area contributed by atoms with Crippen molar-refractivity contribution < 1.29 is 21.7 Å². The summed E-state index contributed by atoms with van der Waals surface area (Å²) < 4.78 is 7.50. The average molecular weight is 489 g/mol. The van der Waals surface area contributed by atoms with Gasteiger partial charge in [0.1, 0.15) is 0 Å². The van der Waals surface area contributed by atoms with Crippen molar-refractivity contribution in [3.63, 3.8) is 0 Å². The first kappa shape index (κ1) is 29.6. The van der Waals surface area contributed by atoms with Gasteiger partial charge < -0.3 is 0 Å². The van der Waals surface area contributed by atoms with Crippen LogP contribution in [0, 0.1) is 6.65 Å². The second kappa shape index (κ2) is 19.3. The van der Waals surface area contributed by atoms with Crippen molar-refractivity contribution in [1.29, 1.82) is 0 Å². The van der Waals surface area contributed by atoms with Crippen LogP contribution in [0.5, 0.6) is 0 Å². The maximum atomic E-state index is 7.50. The minimum Gasteiger partial charge on any atom is -0.0622 e. The second-order valence-electron chi connectivity index (χ2n) is 7.61. The minimum absolute atomic E-state index is 0. The molecule has 0 unspecified atom stereocenters. The molecule has 0 bridgehead atoms. The molecule has 1 saturated carbocycles. The quantitative estimate of drug-likeness (QED) is 0.168. The molecule has 165 valence electrons. The van der Waals surface area contributed by atoms with Crippen LogP contribution in [0.3, 0.4) is 0 Å². The fourth-order valence-electron chi connectivity index (χ4n) is 3.06. The van der Waals surface area contributed by atoms with E-state index >= 15 is 0 Å². The predicted octanol–water partition coefficient (Wildman–Crippen LogP) is 6.73. The van der Waals surface area contributed by atoms with Crippen LogP contribution in [-0.2, 0) is 21.7 Å². The first-order valence-corrected chi connectivity index (χ1v) is 14.9. The van der Waals surface area contributed by atoms with Gasteiger partial charge in [-0.1, -0.05) is 143 Å². The van der Waals surface area contributed by atoms with Gasteiger partial charge in [-0.25, -0.2) is 0 Å². The third-order valence-electron chi connectivity index (χ3n) is 4.29. The van der Waals surface area contributed by atoms with Gasteiger partial charge in [0.25, 0.3) is 0 Å². The number of benzene rings is 3. The molecule has 0 saturated heterocycles. The molecule has 31 heavy (non-hydrogen) atoms. The predicted molar refractivity (Wildman–Crippen MR) is 136 cm³/mol. The monoisotopic (exact) mass is 489 g/mol. The molecule has 4 rings (SSSR count). The van der Waals surface area contributed by atoms with E-state index in [1.54, 1.807) is 0 Å². The van der Waals surface area contributed by atoms with Crippen LogP contribution in [0.1, 0.15) is 32.1 Å². The normalized spacial score (nSPS) is 11.6. The van der Waals surface area contributed by atoms with Crippen molar-refractivity contribution in [2.75, 3.05) is 0 Å². The van der Waals surface area contributed by atoms with E-state index in [1.165, 1.54) is 48.0 Å². The van der Waals surface area contributed by atoms with Gasteiger partial charge in [-0.3, -0.25) is 0 Å². The van der Waals surface area contributed by atoms with E-state index < -0.39 is 7.92 Å². The molecular weight excluding hydrogens is 455 g/mol. The molecule has 0 aromatic heterocycles. The Morgan fingerprint density at radius 3 is 0.935 bits per heavy atom. The maximum Gasteiger partial charge on any atom is 0 e. The van der Waals surface area contributed by atoms with Crippen molar-refractivity contribution >= 4 is 32.6 Å². The minimum atomic E-state index is -0.446. The topological polar surface area (TPSA) is 19.9 Å². The molecule has 3 aromatic rings. The molecule has 0 aliphatic heterocycles. The Hall–Kier alpha value is -1.43. The Morgan fingerprint density at radius 2 is 0.742 bits per heavy atom. The Morgan fingerprint density at radius 1 is 0.548 bits per heavy atom. The first-order valence-electron chi connectivity index (χ1n) is 10.6. The van der Waals surface area contributed by atoms with Crippen LogP contribution in [-0.4, -0.2) is 8.80 Å². The number of rotatable bonds is 3. The van der Waals surface area contributed by atoms with E-state index in [-0.39, 0.29) is 25.9 Å². The molecule has 1 nitrogen and oxygen atoms in total. The van der Waals surface area contributed by atoms with Crippen molar-refractivity contribution in [2.24, 2.45) is 0 Å². The molecule has 1 aliphatic carbocycles. The SMILES string of the molecule is C1CCCC1.C[Si](C)C.[C-]#[O+].[Fe].c1ccc(P(c2ccccc2)c2ccccc2)cc1. The third-order valence-corrected chi connectivity index (χ3v) is 6.74. The van der Waals surface area contributed by atoms with Crippen molar-refractivity contribution in [3.05, 3.63) is 97.6 Å². The van der Waals surface area contributed by atoms with Gasteiger partial charge in [0.15, 0.2) is 0 Å². The molecule has 1 radical (unpaired) electrons. The van der Waals surface area contributed by atoms with E-state index in [1.807, 2.05) is 0 Å². The fourth-order valence-corrected chi connectivity index (χ4v) is 5.37. The van der Waals surface area contributed by atoms with Crippen LogP contribution in [0.4, 0.5) is 0 Å². The van der Waals surface area contributed by atoms with Crippen molar-refractivity contribution in [1.82, 2.24) is 0 Å². The van der Waals surface area contributed by atoms with Crippen LogP contribution < -0.4 is 15.9 Å². The summed E-state index contributed by atoms with van der Waals surface area (Å²) >= 11 is 0. The van der Waals surface area contributed by atoms with E-state index in [2.05, 4.69) is 117 Å². The zero-order valence-corrected chi connectivity index (χ0v) is 21.9. The second-order valence-corrected chi connectivity index (χ2v) is 12.8. The van der Waals surface area contributed by atoms with Crippen LogP contribution >= 0.6 is 7.92 Å². The molecule has 1 aliphatic rings. The van der Waals surface area contributed by atoms with Crippen LogP contribution in [0.25, 0.3) is 0 Å². The van der Waals surface area contributed by atoms with Crippen LogP contribution in [0.2, 0.25) is 19.6 Å². The van der Waals surface area contributed by atoms with Gasteiger partial charge >= 0.3 is 11.3 Å². The summed E-state index contributed by atoms with van der Waals surface area (Å²) in [5.41, 5.74) is 0. The molecule has 1 fully saturated rings. The summed E-state index contributed by atoms with van der Waals surface area (Å²) in [5, 5.41) is 4.19. The van der Waals surface area contributed by atoms with Gasteiger partial charge in [-0.05, 0) is 23.8 Å². The Labute approximate surface area is 203 Å². The first-order chi connectivity index (χ1) is 14.7. The largest absolute Gasteiger partial charge is 0.0622 e. The molecule has 0 atom stereocenters. The number of hydrogen-bond acceptors (Lipinski definition) is 0. The van der Waals surface area contributed by atoms with Crippen molar-refractivity contribution in [3.8, 4) is 0 Å². The van der Waals surface area contributed by atoms with Gasteiger partial charge in [-0.15, -0.1) is 0 Å². The van der Waals surface area contributed by atoms with E-state index in [0.29, 0.717) is 0 Å². The molecule has 0 spiro atoms. The zero-order valence-electron chi connectivity index (χ0n) is 18.9. The summed E-state index contributed by atoms with van der Waals surface area (Å²) in [6.45, 7) is 11.3. The molecule has 0 N–H and O–H groups in total. The molecule has 0 heterocycles. The third kappa shape index (κ3) is 12.9. The molecule has 4 heteroatoms. The Balaban J connectivity index is 0.000000626. The molecule has 3 aromatic carbocycles. The number of hydrogen-bond donors (Lipinski definition) is 0. The summed E-state index contributed by atoms with van der Waals surface area (Å²) in [4.78, 5) is 0. The van der Waals surface area contributed by atoms with Gasteiger partial charge in [0.2, 0.25) is 0 Å². The summed E-state index contributed by atoms with van der Waals surface area (Å²) in [6.07, 6.45) is 7.50. The summed E-state index contributed by atoms with van der Waals surface area (Å²) in [5.74, 6) is 0. The van der Waals surface area contributed by atoms with E-state index in [0.717, 1.165) is 0 Å².